The highest BCUT2D eigenvalue weighted by Gasteiger charge is 2.46. The number of ether oxygens (including phenoxy) is 3. The smallest absolute Gasteiger partial charge is 0.310 e. The second-order valence-corrected chi connectivity index (χ2v) is 17.4. The van der Waals surface area contributed by atoms with E-state index in [9.17, 15) is 18.3 Å². The Morgan fingerprint density at radius 3 is 2.49 bits per heavy atom. The van der Waals surface area contributed by atoms with Crippen LogP contribution in [0, 0.1) is 33.1 Å². The van der Waals surface area contributed by atoms with E-state index < -0.39 is 32.9 Å². The van der Waals surface area contributed by atoms with E-state index in [-0.39, 0.29) is 23.9 Å². The maximum absolute atomic E-state index is 14.7. The number of carboxylic acid groups (broad SMARTS) is 1. The standard InChI is InChI=1S/C39H50N6O7S/c1-25-9-10-29(33(38(5,6)37(46)47)31-11-16-45-28(4)41-42-34(45)27(31)3)22-30(25)23-44-24-39(12-18-50-19-13-39)52-36-32(53(44,48)49)21-26(2)35(40-36)51-20-17-43-14-7-8-15-43/h9-11,16,21-22,33H,7-8,12-15,17-20,23-24H2,1-6H3,(H,46,47)/t33-/m0/s1. The maximum Gasteiger partial charge on any atom is 0.310 e. The first-order chi connectivity index (χ1) is 25.2. The third kappa shape index (κ3) is 7.02. The molecule has 1 spiro atoms. The van der Waals surface area contributed by atoms with Gasteiger partial charge < -0.3 is 19.3 Å². The van der Waals surface area contributed by atoms with Crippen LogP contribution in [0.4, 0.5) is 0 Å². The average Bonchev–Trinajstić information content (AvgIpc) is 3.76. The minimum absolute atomic E-state index is 0.0106. The van der Waals surface area contributed by atoms with Gasteiger partial charge in [-0.25, -0.2) is 8.42 Å². The third-order valence-electron chi connectivity index (χ3n) is 11.4. The van der Waals surface area contributed by atoms with Gasteiger partial charge in [0.25, 0.3) is 0 Å². The van der Waals surface area contributed by atoms with Crippen LogP contribution in [0.5, 0.6) is 11.8 Å². The number of benzene rings is 1. The zero-order valence-corrected chi connectivity index (χ0v) is 32.3. The molecule has 14 heteroatoms. The van der Waals surface area contributed by atoms with Gasteiger partial charge in [0.05, 0.1) is 25.2 Å². The average molecular weight is 747 g/mol. The molecule has 0 saturated carbocycles. The van der Waals surface area contributed by atoms with Crippen molar-refractivity contribution < 1.29 is 32.5 Å². The van der Waals surface area contributed by atoms with Crippen molar-refractivity contribution in [2.45, 2.75) is 90.2 Å². The van der Waals surface area contributed by atoms with Crippen LogP contribution < -0.4 is 9.47 Å². The first-order valence-electron chi connectivity index (χ1n) is 18.5. The number of rotatable bonds is 10. The maximum atomic E-state index is 14.7. The zero-order valence-electron chi connectivity index (χ0n) is 31.5. The SMILES string of the molecule is Cc1ccc([C@@H](c2ccn3c(C)nnc3c2C)C(C)(C)C(=O)O)cc1CN1CC2(CCOCC2)Oc2nc(OCCN3CCCC3)c(C)cc2S1(=O)=O. The van der Waals surface area contributed by atoms with Gasteiger partial charge in [0.1, 0.15) is 22.9 Å². The highest BCUT2D eigenvalue weighted by molar-refractivity contribution is 7.89. The first-order valence-corrected chi connectivity index (χ1v) is 19.9. The number of nitrogens with zero attached hydrogens (tertiary/aromatic N) is 6. The zero-order chi connectivity index (χ0) is 37.7. The van der Waals surface area contributed by atoms with Gasteiger partial charge in [-0.3, -0.25) is 14.1 Å². The second-order valence-electron chi connectivity index (χ2n) is 15.5. The quantitative estimate of drug-likeness (QED) is 0.228. The number of aryl methyl sites for hydroxylation is 4. The van der Waals surface area contributed by atoms with E-state index in [1.807, 2.05) is 62.6 Å². The molecule has 2 saturated heterocycles. The summed E-state index contributed by atoms with van der Waals surface area (Å²) < 4.78 is 51.3. The van der Waals surface area contributed by atoms with Gasteiger partial charge in [-0.2, -0.15) is 9.29 Å². The number of hydrogen-bond acceptors (Lipinski definition) is 10. The number of sulfonamides is 1. The lowest BCUT2D eigenvalue weighted by atomic mass is 9.70. The molecule has 1 atom stereocenters. The van der Waals surface area contributed by atoms with Crippen molar-refractivity contribution in [3.05, 3.63) is 75.7 Å². The van der Waals surface area contributed by atoms with E-state index in [0.717, 1.165) is 53.3 Å². The number of aromatic nitrogens is 4. The number of pyridine rings is 2. The molecule has 0 amide bonds. The molecule has 3 aliphatic heterocycles. The first kappa shape index (κ1) is 37.2. The molecule has 7 rings (SSSR count). The molecule has 3 aliphatic rings. The monoisotopic (exact) mass is 746 g/mol. The van der Waals surface area contributed by atoms with E-state index in [0.29, 0.717) is 49.8 Å². The molecule has 53 heavy (non-hydrogen) atoms. The van der Waals surface area contributed by atoms with Crippen LogP contribution in [-0.2, 0) is 26.1 Å². The number of hydrogen-bond donors (Lipinski definition) is 1. The Hall–Kier alpha value is -4.11. The van der Waals surface area contributed by atoms with Crippen LogP contribution in [0.25, 0.3) is 5.65 Å². The molecule has 0 bridgehead atoms. The summed E-state index contributed by atoms with van der Waals surface area (Å²) in [6.07, 6.45) is 5.25. The number of carboxylic acids is 1. The molecule has 2 fully saturated rings. The molecule has 0 unspecified atom stereocenters. The lowest BCUT2D eigenvalue weighted by Gasteiger charge is -2.38. The van der Waals surface area contributed by atoms with Gasteiger partial charge in [-0.05, 0) is 107 Å². The third-order valence-corrected chi connectivity index (χ3v) is 13.2. The molecule has 6 heterocycles. The van der Waals surface area contributed by atoms with Crippen LogP contribution in [0.3, 0.4) is 0 Å². The second kappa shape index (κ2) is 14.3. The number of aliphatic carboxylic acids is 1. The molecule has 0 radical (unpaired) electrons. The Morgan fingerprint density at radius 1 is 1.04 bits per heavy atom. The van der Waals surface area contributed by atoms with Gasteiger partial charge in [0.15, 0.2) is 5.65 Å². The summed E-state index contributed by atoms with van der Waals surface area (Å²) in [5.74, 6) is -0.365. The van der Waals surface area contributed by atoms with Crippen molar-refractivity contribution in [1.29, 1.82) is 0 Å². The molecule has 1 N–H and O–H groups in total. The Labute approximate surface area is 311 Å². The van der Waals surface area contributed by atoms with Crippen molar-refractivity contribution in [2.75, 3.05) is 46.0 Å². The topological polar surface area (TPSA) is 149 Å². The van der Waals surface area contributed by atoms with Gasteiger partial charge in [0, 0.05) is 43.6 Å². The summed E-state index contributed by atoms with van der Waals surface area (Å²) in [7, 11) is -4.11. The summed E-state index contributed by atoms with van der Waals surface area (Å²) in [4.78, 5) is 20.0. The lowest BCUT2D eigenvalue weighted by Crippen LogP contribution is -2.50. The predicted molar refractivity (Wildman–Crippen MR) is 198 cm³/mol. The Bertz CT molecular complexity index is 2140. The number of fused-ring (bicyclic) bond motifs is 2. The fraction of sp³-hybridized carbons (Fsp3) is 0.538. The van der Waals surface area contributed by atoms with E-state index >= 15 is 0 Å². The summed E-state index contributed by atoms with van der Waals surface area (Å²) in [6, 6.07) is 9.41. The van der Waals surface area contributed by atoms with Crippen molar-refractivity contribution >= 4 is 21.6 Å². The molecule has 0 aliphatic carbocycles. The normalized spacial score (nSPS) is 19.5. The van der Waals surface area contributed by atoms with Gasteiger partial charge >= 0.3 is 5.97 Å². The molecule has 284 valence electrons. The lowest BCUT2D eigenvalue weighted by molar-refractivity contribution is -0.147. The van der Waals surface area contributed by atoms with Crippen molar-refractivity contribution in [2.24, 2.45) is 5.41 Å². The fourth-order valence-corrected chi connectivity index (χ4v) is 9.66. The van der Waals surface area contributed by atoms with Gasteiger partial charge in [-0.1, -0.05) is 18.2 Å². The molecule has 13 nitrogen and oxygen atoms in total. The van der Waals surface area contributed by atoms with Crippen molar-refractivity contribution in [3.63, 3.8) is 0 Å². The summed E-state index contributed by atoms with van der Waals surface area (Å²) in [5, 5.41) is 19.1. The van der Waals surface area contributed by atoms with E-state index in [4.69, 9.17) is 19.2 Å². The van der Waals surface area contributed by atoms with Gasteiger partial charge in [-0.15, -0.1) is 10.2 Å². The largest absolute Gasteiger partial charge is 0.481 e. The fourth-order valence-electron chi connectivity index (χ4n) is 8.03. The van der Waals surface area contributed by atoms with E-state index in [1.54, 1.807) is 19.9 Å². The summed E-state index contributed by atoms with van der Waals surface area (Å²) in [5.41, 5.74) is 3.28. The molecule has 4 aromatic rings. The van der Waals surface area contributed by atoms with E-state index in [1.165, 1.54) is 17.1 Å². The minimum atomic E-state index is -4.11. The minimum Gasteiger partial charge on any atom is -0.481 e. The Morgan fingerprint density at radius 2 is 1.77 bits per heavy atom. The van der Waals surface area contributed by atoms with E-state index in [2.05, 4.69) is 15.1 Å². The molecular weight excluding hydrogens is 697 g/mol. The number of likely N-dealkylation sites (tertiary alicyclic amines) is 1. The highest BCUT2D eigenvalue weighted by Crippen LogP contribution is 2.45. The van der Waals surface area contributed by atoms with Crippen molar-refractivity contribution in [1.82, 2.24) is 28.8 Å². The number of carbonyl (C=O) groups is 1. The van der Waals surface area contributed by atoms with Crippen LogP contribution in [0.2, 0.25) is 0 Å². The Kier molecular flexibility index (Phi) is 10.0. The molecule has 1 aromatic carbocycles. The van der Waals surface area contributed by atoms with Crippen LogP contribution in [-0.4, -0.2) is 99.9 Å². The summed E-state index contributed by atoms with van der Waals surface area (Å²) in [6.45, 7) is 15.4. The predicted octanol–water partition coefficient (Wildman–Crippen LogP) is 5.21. The highest BCUT2D eigenvalue weighted by atomic mass is 32.2. The van der Waals surface area contributed by atoms with Crippen LogP contribution in [0.1, 0.15) is 84.7 Å². The van der Waals surface area contributed by atoms with Crippen LogP contribution in [0.15, 0.2) is 41.4 Å². The molecular formula is C39H50N6O7S. The Balaban J connectivity index is 1.27. The van der Waals surface area contributed by atoms with Crippen LogP contribution >= 0.6 is 0 Å². The van der Waals surface area contributed by atoms with Gasteiger partial charge in [0.2, 0.25) is 21.8 Å². The molecule has 3 aromatic heterocycles. The summed E-state index contributed by atoms with van der Waals surface area (Å²) >= 11 is 0. The van der Waals surface area contributed by atoms with Crippen molar-refractivity contribution in [3.8, 4) is 11.8 Å².